The van der Waals surface area contributed by atoms with Crippen LogP contribution in [0.15, 0.2) is 30.6 Å². The number of nitrogens with zero attached hydrogens (tertiary/aromatic N) is 3. The number of rotatable bonds is 1. The highest BCUT2D eigenvalue weighted by molar-refractivity contribution is 6.41. The molecule has 0 unspecified atom stereocenters. The van der Waals surface area contributed by atoms with Gasteiger partial charge < -0.3 is 5.73 Å². The highest BCUT2D eigenvalue weighted by atomic mass is 35.5. The molecule has 5 nitrogen and oxygen atoms in total. The summed E-state index contributed by atoms with van der Waals surface area (Å²) in [6, 6.07) is 5.32. The minimum absolute atomic E-state index is 0.0456. The van der Waals surface area contributed by atoms with Gasteiger partial charge in [0.25, 0.3) is 0 Å². The summed E-state index contributed by atoms with van der Waals surface area (Å²) in [6.07, 6.45) is 3.30. The first-order valence-electron chi connectivity index (χ1n) is 6.31. The molecular weight excluding hydrogens is 328 g/mol. The monoisotopic (exact) mass is 335 g/mol. The molecule has 0 saturated heterocycles. The highest BCUT2D eigenvalue weighted by Gasteiger charge is 2.20. The van der Waals surface area contributed by atoms with E-state index in [9.17, 15) is 4.39 Å². The Bertz CT molecular complexity index is 1040. The van der Waals surface area contributed by atoms with Gasteiger partial charge in [0.05, 0.1) is 22.3 Å². The summed E-state index contributed by atoms with van der Waals surface area (Å²) < 4.78 is 15.9. The predicted octanol–water partition coefficient (Wildman–Crippen LogP) is 3.91. The number of hydrogen-bond donors (Lipinski definition) is 2. The molecule has 0 bridgehead atoms. The molecule has 0 aliphatic rings. The molecule has 3 heterocycles. The van der Waals surface area contributed by atoms with Crippen LogP contribution in [0.5, 0.6) is 0 Å². The van der Waals surface area contributed by atoms with Crippen LogP contribution in [0, 0.1) is 5.82 Å². The van der Waals surface area contributed by atoms with Crippen molar-refractivity contribution in [1.29, 1.82) is 0 Å². The second-order valence-electron chi connectivity index (χ2n) is 4.83. The molecule has 0 fully saturated rings. The van der Waals surface area contributed by atoms with Crippen molar-refractivity contribution in [2.24, 2.45) is 0 Å². The number of H-pyrrole nitrogens is 1. The quantitative estimate of drug-likeness (QED) is 0.518. The molecule has 0 radical (unpaired) electrons. The van der Waals surface area contributed by atoms with Crippen LogP contribution < -0.4 is 5.73 Å². The van der Waals surface area contributed by atoms with E-state index in [2.05, 4.69) is 15.3 Å². The van der Waals surface area contributed by atoms with Gasteiger partial charge in [-0.1, -0.05) is 23.2 Å². The van der Waals surface area contributed by atoms with Gasteiger partial charge in [0.15, 0.2) is 5.82 Å². The number of aromatic amines is 1. The summed E-state index contributed by atoms with van der Waals surface area (Å²) in [7, 11) is 0. The minimum Gasteiger partial charge on any atom is -0.382 e. The molecule has 110 valence electrons. The van der Waals surface area contributed by atoms with Crippen molar-refractivity contribution in [3.05, 3.63) is 46.5 Å². The average Bonchev–Trinajstić information content (AvgIpc) is 3.10. The third-order valence-corrected chi connectivity index (χ3v) is 4.21. The molecule has 0 saturated carbocycles. The first-order chi connectivity index (χ1) is 10.6. The fraction of sp³-hybridized carbons (Fsp3) is 0. The normalized spacial score (nSPS) is 11.6. The molecule has 0 aliphatic heterocycles. The number of nitrogens with one attached hydrogen (secondary N) is 1. The largest absolute Gasteiger partial charge is 0.382 e. The lowest BCUT2D eigenvalue weighted by molar-refractivity contribution is 0.630. The molecule has 4 aromatic rings. The van der Waals surface area contributed by atoms with Crippen LogP contribution in [-0.2, 0) is 0 Å². The predicted molar refractivity (Wildman–Crippen MR) is 84.7 cm³/mol. The summed E-state index contributed by atoms with van der Waals surface area (Å²) in [6.45, 7) is 0. The fourth-order valence-corrected chi connectivity index (χ4v) is 3.12. The summed E-state index contributed by atoms with van der Waals surface area (Å²) >= 11 is 12.1. The fourth-order valence-electron chi connectivity index (χ4n) is 2.53. The molecule has 1 aromatic carbocycles. The zero-order valence-corrected chi connectivity index (χ0v) is 12.5. The molecule has 22 heavy (non-hydrogen) atoms. The van der Waals surface area contributed by atoms with Crippen LogP contribution in [0.2, 0.25) is 10.0 Å². The molecule has 4 rings (SSSR count). The van der Waals surface area contributed by atoms with E-state index in [1.54, 1.807) is 29.0 Å². The van der Waals surface area contributed by atoms with E-state index >= 15 is 0 Å². The van der Waals surface area contributed by atoms with Gasteiger partial charge in [-0.25, -0.2) is 8.91 Å². The van der Waals surface area contributed by atoms with Gasteiger partial charge in [0, 0.05) is 23.2 Å². The van der Waals surface area contributed by atoms with Crippen molar-refractivity contribution >= 4 is 45.4 Å². The van der Waals surface area contributed by atoms with Gasteiger partial charge in [-0.2, -0.15) is 10.2 Å². The number of fused-ring (bicyclic) bond motifs is 2. The van der Waals surface area contributed by atoms with E-state index in [0.29, 0.717) is 22.3 Å². The summed E-state index contributed by atoms with van der Waals surface area (Å²) in [5.41, 5.74) is 8.11. The Morgan fingerprint density at radius 2 is 2.05 bits per heavy atom. The smallest absolute Gasteiger partial charge is 0.163 e. The average molecular weight is 336 g/mol. The second-order valence-corrected chi connectivity index (χ2v) is 5.59. The SMILES string of the molecule is Nc1cc2cc(-c3c(Cl)c(F)c(Cl)c4[nH]ncc34)ccn2n1. The Labute approximate surface area is 133 Å². The van der Waals surface area contributed by atoms with Crippen LogP contribution in [0.3, 0.4) is 0 Å². The topological polar surface area (TPSA) is 72.0 Å². The van der Waals surface area contributed by atoms with Gasteiger partial charge in [-0.15, -0.1) is 0 Å². The molecular formula is C14H8Cl2FN5. The zero-order chi connectivity index (χ0) is 15.4. The van der Waals surface area contributed by atoms with Crippen LogP contribution in [-0.4, -0.2) is 19.8 Å². The van der Waals surface area contributed by atoms with Crippen molar-refractivity contribution in [3.63, 3.8) is 0 Å². The Morgan fingerprint density at radius 1 is 1.23 bits per heavy atom. The van der Waals surface area contributed by atoms with Crippen LogP contribution >= 0.6 is 23.2 Å². The maximum absolute atomic E-state index is 14.3. The first-order valence-corrected chi connectivity index (χ1v) is 7.06. The Balaban J connectivity index is 2.09. The summed E-state index contributed by atoms with van der Waals surface area (Å²) in [5, 5.41) is 11.2. The molecule has 0 amide bonds. The van der Waals surface area contributed by atoms with E-state index < -0.39 is 5.82 Å². The van der Waals surface area contributed by atoms with Crippen molar-refractivity contribution in [3.8, 4) is 11.1 Å². The number of nitrogen functional groups attached to an aromatic ring is 1. The summed E-state index contributed by atoms with van der Waals surface area (Å²) in [5.74, 6) is -0.276. The van der Waals surface area contributed by atoms with Crippen molar-refractivity contribution in [1.82, 2.24) is 19.8 Å². The van der Waals surface area contributed by atoms with E-state index in [4.69, 9.17) is 28.9 Å². The lowest BCUT2D eigenvalue weighted by atomic mass is 10.0. The van der Waals surface area contributed by atoms with Crippen molar-refractivity contribution in [2.75, 3.05) is 5.73 Å². The van der Waals surface area contributed by atoms with Crippen LogP contribution in [0.1, 0.15) is 0 Å². The van der Waals surface area contributed by atoms with Gasteiger partial charge in [-0.3, -0.25) is 5.10 Å². The summed E-state index contributed by atoms with van der Waals surface area (Å²) in [4.78, 5) is 0. The molecule has 8 heteroatoms. The molecule has 0 atom stereocenters. The number of hydrogen-bond acceptors (Lipinski definition) is 3. The molecule has 0 aliphatic carbocycles. The number of nitrogens with two attached hydrogens (primary N) is 1. The lowest BCUT2D eigenvalue weighted by Gasteiger charge is -2.09. The van der Waals surface area contributed by atoms with Gasteiger partial charge in [0.1, 0.15) is 10.8 Å². The lowest BCUT2D eigenvalue weighted by Crippen LogP contribution is -1.92. The standard InChI is InChI=1S/C14H8Cl2FN5/c15-11-10(8-5-19-20-14(8)12(16)13(11)17)6-1-2-22-7(3-6)4-9(18)21-22/h1-5H,(H2,18,21)(H,19,20). The number of anilines is 1. The number of pyridine rings is 1. The van der Waals surface area contributed by atoms with E-state index in [-0.39, 0.29) is 10.0 Å². The number of benzene rings is 1. The highest BCUT2D eigenvalue weighted by Crippen LogP contribution is 2.41. The Hall–Kier alpha value is -2.31. The Kier molecular flexibility index (Phi) is 2.79. The minimum atomic E-state index is -0.678. The third kappa shape index (κ3) is 1.77. The van der Waals surface area contributed by atoms with E-state index in [0.717, 1.165) is 11.1 Å². The van der Waals surface area contributed by atoms with Crippen LogP contribution in [0.4, 0.5) is 10.2 Å². The first kappa shape index (κ1) is 13.4. The molecule has 3 aromatic heterocycles. The number of aromatic nitrogens is 4. The maximum Gasteiger partial charge on any atom is 0.163 e. The van der Waals surface area contributed by atoms with E-state index in [1.165, 1.54) is 0 Å². The third-order valence-electron chi connectivity index (χ3n) is 3.50. The Morgan fingerprint density at radius 3 is 2.86 bits per heavy atom. The molecule has 3 N–H and O–H groups in total. The van der Waals surface area contributed by atoms with Gasteiger partial charge >= 0.3 is 0 Å². The zero-order valence-electron chi connectivity index (χ0n) is 10.9. The maximum atomic E-state index is 14.3. The molecule has 0 spiro atoms. The van der Waals surface area contributed by atoms with Gasteiger partial charge in [0.2, 0.25) is 0 Å². The van der Waals surface area contributed by atoms with Crippen LogP contribution in [0.25, 0.3) is 27.5 Å². The van der Waals surface area contributed by atoms with Crippen molar-refractivity contribution < 1.29 is 4.39 Å². The van der Waals surface area contributed by atoms with Gasteiger partial charge in [-0.05, 0) is 17.7 Å². The van der Waals surface area contributed by atoms with E-state index in [1.807, 2.05) is 6.07 Å². The van der Waals surface area contributed by atoms with Crippen molar-refractivity contribution in [2.45, 2.75) is 0 Å². The second kappa shape index (κ2) is 4.59. The number of halogens is 3.